The number of nitrogens with zero attached hydrogens (tertiary/aromatic N) is 1. The Balaban J connectivity index is 1.87. The molecule has 2 amide bonds. The number of amides is 2. The molecular weight excluding hydrogens is 280 g/mol. The maximum absolute atomic E-state index is 11.9. The van der Waals surface area contributed by atoms with E-state index in [1.165, 1.54) is 24.3 Å². The molecule has 0 aliphatic heterocycles. The number of nitrogens with two attached hydrogens (primary N) is 1. The van der Waals surface area contributed by atoms with Crippen LogP contribution in [-0.2, 0) is 11.2 Å². The maximum Gasteiger partial charge on any atom is 0.250 e. The van der Waals surface area contributed by atoms with Gasteiger partial charge in [0.2, 0.25) is 5.91 Å². The van der Waals surface area contributed by atoms with Gasteiger partial charge in [0.25, 0.3) is 5.91 Å². The highest BCUT2D eigenvalue weighted by Gasteiger charge is 2.13. The van der Waals surface area contributed by atoms with E-state index in [2.05, 4.69) is 0 Å². The number of carbonyl (C=O) groups excluding carboxylic acids is 2. The molecule has 0 bridgehead atoms. The summed E-state index contributed by atoms with van der Waals surface area (Å²) in [5.74, 6) is -0.937. The SMILES string of the molecule is NC(=O)c1ccc(N(O)C(=O)CCCc2ccccc2)cc1. The van der Waals surface area contributed by atoms with Crippen LogP contribution in [0.5, 0.6) is 0 Å². The van der Waals surface area contributed by atoms with Crippen molar-refractivity contribution in [3.8, 4) is 0 Å². The minimum Gasteiger partial charge on any atom is -0.366 e. The molecule has 0 saturated heterocycles. The van der Waals surface area contributed by atoms with Gasteiger partial charge in [0.05, 0.1) is 5.69 Å². The average Bonchev–Trinajstić information content (AvgIpc) is 2.55. The van der Waals surface area contributed by atoms with Gasteiger partial charge in [-0.1, -0.05) is 30.3 Å². The van der Waals surface area contributed by atoms with Crippen molar-refractivity contribution in [2.75, 3.05) is 5.06 Å². The summed E-state index contributed by atoms with van der Waals surface area (Å²) in [6, 6.07) is 15.8. The highest BCUT2D eigenvalue weighted by atomic mass is 16.5. The van der Waals surface area contributed by atoms with Crippen LogP contribution in [0.1, 0.15) is 28.8 Å². The minimum absolute atomic E-state index is 0.239. The topological polar surface area (TPSA) is 83.6 Å². The van der Waals surface area contributed by atoms with Gasteiger partial charge in [-0.2, -0.15) is 5.06 Å². The van der Waals surface area contributed by atoms with Crippen molar-refractivity contribution in [2.45, 2.75) is 19.3 Å². The Bertz CT molecular complexity index is 639. The fourth-order valence-electron chi connectivity index (χ4n) is 2.11. The van der Waals surface area contributed by atoms with E-state index in [4.69, 9.17) is 5.73 Å². The number of hydrogen-bond acceptors (Lipinski definition) is 3. The van der Waals surface area contributed by atoms with Crippen LogP contribution in [0.4, 0.5) is 5.69 Å². The van der Waals surface area contributed by atoms with E-state index in [0.717, 1.165) is 12.0 Å². The predicted octanol–water partition coefficient (Wildman–Crippen LogP) is 2.53. The first kappa shape index (κ1) is 15.7. The lowest BCUT2D eigenvalue weighted by Crippen LogP contribution is -2.26. The van der Waals surface area contributed by atoms with Gasteiger partial charge < -0.3 is 5.73 Å². The van der Waals surface area contributed by atoms with Crippen LogP contribution >= 0.6 is 0 Å². The zero-order valence-electron chi connectivity index (χ0n) is 12.1. The zero-order valence-corrected chi connectivity index (χ0v) is 12.1. The molecule has 2 aromatic carbocycles. The number of hydrogen-bond donors (Lipinski definition) is 2. The summed E-state index contributed by atoms with van der Waals surface area (Å²) in [6.45, 7) is 0. The van der Waals surface area contributed by atoms with Gasteiger partial charge in [-0.15, -0.1) is 0 Å². The molecule has 2 rings (SSSR count). The average molecular weight is 298 g/mol. The first-order chi connectivity index (χ1) is 10.6. The number of aryl methyl sites for hydroxylation is 1. The van der Waals surface area contributed by atoms with Crippen molar-refractivity contribution in [1.82, 2.24) is 0 Å². The van der Waals surface area contributed by atoms with Crippen molar-refractivity contribution >= 4 is 17.5 Å². The Labute approximate surface area is 128 Å². The standard InChI is InChI=1S/C17H18N2O3/c18-17(21)14-9-11-15(12-10-14)19(22)16(20)8-4-7-13-5-2-1-3-6-13/h1-3,5-6,9-12,22H,4,7-8H2,(H2,18,21). The van der Waals surface area contributed by atoms with E-state index < -0.39 is 5.91 Å². The quantitative estimate of drug-likeness (QED) is 0.635. The molecule has 0 radical (unpaired) electrons. The second kappa shape index (κ2) is 7.38. The summed E-state index contributed by atoms with van der Waals surface area (Å²) in [4.78, 5) is 22.9. The molecule has 0 fully saturated rings. The molecule has 3 N–H and O–H groups in total. The first-order valence-electron chi connectivity index (χ1n) is 7.03. The summed E-state index contributed by atoms with van der Waals surface area (Å²) < 4.78 is 0. The monoisotopic (exact) mass is 298 g/mol. The van der Waals surface area contributed by atoms with Crippen LogP contribution in [0.2, 0.25) is 0 Å². The zero-order chi connectivity index (χ0) is 15.9. The molecule has 0 saturated carbocycles. The molecule has 114 valence electrons. The molecule has 0 spiro atoms. The normalized spacial score (nSPS) is 10.2. The van der Waals surface area contributed by atoms with Gasteiger partial charge in [0.1, 0.15) is 0 Å². The summed E-state index contributed by atoms with van der Waals surface area (Å²) in [6.07, 6.45) is 1.67. The fourth-order valence-corrected chi connectivity index (χ4v) is 2.11. The molecule has 0 aliphatic rings. The van der Waals surface area contributed by atoms with E-state index in [1.54, 1.807) is 0 Å². The van der Waals surface area contributed by atoms with Crippen molar-refractivity contribution in [3.05, 3.63) is 65.7 Å². The third-order valence-corrected chi connectivity index (χ3v) is 3.33. The summed E-state index contributed by atoms with van der Waals surface area (Å²) in [7, 11) is 0. The molecule has 0 aliphatic carbocycles. The number of hydroxylamine groups is 1. The number of anilines is 1. The van der Waals surface area contributed by atoms with Crippen LogP contribution in [0.25, 0.3) is 0 Å². The van der Waals surface area contributed by atoms with Gasteiger partial charge in [-0.25, -0.2) is 0 Å². The van der Waals surface area contributed by atoms with Gasteiger partial charge in [0, 0.05) is 12.0 Å². The van der Waals surface area contributed by atoms with E-state index in [1.807, 2.05) is 30.3 Å². The second-order valence-electron chi connectivity index (χ2n) is 4.96. The van der Waals surface area contributed by atoms with Crippen molar-refractivity contribution in [1.29, 1.82) is 0 Å². The van der Waals surface area contributed by atoms with Crippen LogP contribution in [0, 0.1) is 0 Å². The molecular formula is C17H18N2O3. The second-order valence-corrected chi connectivity index (χ2v) is 4.96. The van der Waals surface area contributed by atoms with Gasteiger partial charge in [0.15, 0.2) is 0 Å². The lowest BCUT2D eigenvalue weighted by Gasteiger charge is -2.15. The first-order valence-corrected chi connectivity index (χ1v) is 7.03. The van der Waals surface area contributed by atoms with Gasteiger partial charge in [-0.3, -0.25) is 14.8 Å². The Morgan fingerprint density at radius 2 is 1.64 bits per heavy atom. The van der Waals surface area contributed by atoms with E-state index in [-0.39, 0.29) is 12.3 Å². The molecule has 2 aromatic rings. The maximum atomic E-state index is 11.9. The molecule has 0 heterocycles. The molecule has 0 aromatic heterocycles. The lowest BCUT2D eigenvalue weighted by atomic mass is 10.1. The van der Waals surface area contributed by atoms with Crippen molar-refractivity contribution in [3.63, 3.8) is 0 Å². The molecule has 0 unspecified atom stereocenters. The highest BCUT2D eigenvalue weighted by Crippen LogP contribution is 2.15. The predicted molar refractivity (Wildman–Crippen MR) is 83.6 cm³/mol. The van der Waals surface area contributed by atoms with E-state index in [9.17, 15) is 14.8 Å². The Hall–Kier alpha value is -2.66. The van der Waals surface area contributed by atoms with E-state index in [0.29, 0.717) is 22.7 Å². The Morgan fingerprint density at radius 3 is 2.23 bits per heavy atom. The summed E-state index contributed by atoms with van der Waals surface area (Å²) >= 11 is 0. The molecule has 5 nitrogen and oxygen atoms in total. The van der Waals surface area contributed by atoms with Gasteiger partial charge in [-0.05, 0) is 42.7 Å². The summed E-state index contributed by atoms with van der Waals surface area (Å²) in [5, 5.41) is 10.5. The molecule has 0 atom stereocenters. The van der Waals surface area contributed by atoms with Gasteiger partial charge >= 0.3 is 0 Å². The van der Waals surface area contributed by atoms with Crippen LogP contribution in [0.15, 0.2) is 54.6 Å². The molecule has 22 heavy (non-hydrogen) atoms. The number of rotatable bonds is 6. The number of carbonyl (C=O) groups is 2. The largest absolute Gasteiger partial charge is 0.366 e. The van der Waals surface area contributed by atoms with Crippen LogP contribution < -0.4 is 10.8 Å². The van der Waals surface area contributed by atoms with Crippen LogP contribution in [-0.4, -0.2) is 17.0 Å². The number of primary amides is 1. The van der Waals surface area contributed by atoms with Crippen molar-refractivity contribution in [2.24, 2.45) is 5.73 Å². The third-order valence-electron chi connectivity index (χ3n) is 3.33. The van der Waals surface area contributed by atoms with Crippen LogP contribution in [0.3, 0.4) is 0 Å². The van der Waals surface area contributed by atoms with Crippen molar-refractivity contribution < 1.29 is 14.8 Å². The smallest absolute Gasteiger partial charge is 0.250 e. The Morgan fingerprint density at radius 1 is 1.00 bits per heavy atom. The van der Waals surface area contributed by atoms with E-state index >= 15 is 0 Å². The lowest BCUT2D eigenvalue weighted by molar-refractivity contribution is -0.123. The Kier molecular flexibility index (Phi) is 5.27. The summed E-state index contributed by atoms with van der Waals surface area (Å²) in [5.41, 5.74) is 6.94. The highest BCUT2D eigenvalue weighted by molar-refractivity contribution is 5.94. The third kappa shape index (κ3) is 4.17. The molecule has 5 heteroatoms. The minimum atomic E-state index is -0.551. The fraction of sp³-hybridized carbons (Fsp3) is 0.176. The number of benzene rings is 2.